The number of hydrogen-bond acceptors (Lipinski definition) is 6. The smallest absolute Gasteiger partial charge is 0.288 e. The molecular weight excluding hydrogens is 276 g/mol. The Balaban J connectivity index is 2.12. The van der Waals surface area contributed by atoms with Crippen molar-refractivity contribution in [2.75, 3.05) is 13.2 Å². The highest BCUT2D eigenvalue weighted by Gasteiger charge is 2.27. The first kappa shape index (κ1) is 15.2. The SMILES string of the molecule is NCC1CCCC1COc1ncc([N+](=O)[O-])cc1C(N)=O. The minimum absolute atomic E-state index is 0.0378. The summed E-state index contributed by atoms with van der Waals surface area (Å²) < 4.78 is 5.56. The molecule has 1 fully saturated rings. The molecule has 4 N–H and O–H groups in total. The molecule has 1 aromatic heterocycles. The Morgan fingerprint density at radius 3 is 2.81 bits per heavy atom. The zero-order valence-electron chi connectivity index (χ0n) is 11.5. The number of pyridine rings is 1. The normalized spacial score (nSPS) is 21.2. The van der Waals surface area contributed by atoms with Crippen LogP contribution in [0.15, 0.2) is 12.3 Å². The number of primary amides is 1. The number of ether oxygens (including phenoxy) is 1. The van der Waals surface area contributed by atoms with E-state index >= 15 is 0 Å². The molecule has 114 valence electrons. The van der Waals surface area contributed by atoms with E-state index in [-0.39, 0.29) is 17.1 Å². The first-order chi connectivity index (χ1) is 10.0. The van der Waals surface area contributed by atoms with E-state index in [1.165, 1.54) is 0 Å². The van der Waals surface area contributed by atoms with Gasteiger partial charge in [0.2, 0.25) is 5.88 Å². The number of carbonyl (C=O) groups is 1. The third-order valence-electron chi connectivity index (χ3n) is 3.87. The Bertz CT molecular complexity index is 549. The highest BCUT2D eigenvalue weighted by atomic mass is 16.6. The minimum atomic E-state index is -0.803. The van der Waals surface area contributed by atoms with Crippen molar-refractivity contribution in [3.8, 4) is 5.88 Å². The summed E-state index contributed by atoms with van der Waals surface area (Å²) in [6, 6.07) is 1.08. The molecule has 1 aromatic rings. The van der Waals surface area contributed by atoms with Gasteiger partial charge in [-0.2, -0.15) is 0 Å². The molecule has 1 heterocycles. The quantitative estimate of drug-likeness (QED) is 0.589. The largest absolute Gasteiger partial charge is 0.477 e. The molecule has 8 nitrogen and oxygen atoms in total. The van der Waals surface area contributed by atoms with Crippen molar-refractivity contribution in [1.82, 2.24) is 4.98 Å². The summed E-state index contributed by atoms with van der Waals surface area (Å²) in [5, 5.41) is 10.7. The lowest BCUT2D eigenvalue weighted by molar-refractivity contribution is -0.385. The van der Waals surface area contributed by atoms with Crippen LogP contribution >= 0.6 is 0 Å². The molecular formula is C13H18N4O4. The molecule has 0 aliphatic heterocycles. The maximum atomic E-state index is 11.4. The fraction of sp³-hybridized carbons (Fsp3) is 0.538. The predicted molar refractivity (Wildman–Crippen MR) is 74.8 cm³/mol. The van der Waals surface area contributed by atoms with Crippen LogP contribution in [0.3, 0.4) is 0 Å². The Labute approximate surface area is 121 Å². The maximum absolute atomic E-state index is 11.4. The zero-order chi connectivity index (χ0) is 15.4. The minimum Gasteiger partial charge on any atom is -0.477 e. The van der Waals surface area contributed by atoms with Gasteiger partial charge in [0.1, 0.15) is 11.8 Å². The van der Waals surface area contributed by atoms with Crippen LogP contribution in [0.25, 0.3) is 0 Å². The van der Waals surface area contributed by atoms with Gasteiger partial charge in [0.15, 0.2) is 0 Å². The highest BCUT2D eigenvalue weighted by molar-refractivity contribution is 5.95. The van der Waals surface area contributed by atoms with Crippen LogP contribution in [0.5, 0.6) is 5.88 Å². The van der Waals surface area contributed by atoms with Crippen molar-refractivity contribution in [1.29, 1.82) is 0 Å². The molecule has 21 heavy (non-hydrogen) atoms. The third kappa shape index (κ3) is 3.46. The highest BCUT2D eigenvalue weighted by Crippen LogP contribution is 2.31. The van der Waals surface area contributed by atoms with Gasteiger partial charge in [-0.25, -0.2) is 4.98 Å². The van der Waals surface area contributed by atoms with E-state index in [4.69, 9.17) is 16.2 Å². The van der Waals surface area contributed by atoms with Crippen LogP contribution in [0.4, 0.5) is 5.69 Å². The van der Waals surface area contributed by atoms with E-state index in [1.54, 1.807) is 0 Å². The molecule has 0 aromatic carbocycles. The number of nitrogens with two attached hydrogens (primary N) is 2. The van der Waals surface area contributed by atoms with Crippen molar-refractivity contribution < 1.29 is 14.5 Å². The van der Waals surface area contributed by atoms with Gasteiger partial charge in [0, 0.05) is 6.07 Å². The second-order valence-corrected chi connectivity index (χ2v) is 5.17. The van der Waals surface area contributed by atoms with E-state index < -0.39 is 10.8 Å². The molecule has 1 amide bonds. The third-order valence-corrected chi connectivity index (χ3v) is 3.87. The van der Waals surface area contributed by atoms with Crippen LogP contribution < -0.4 is 16.2 Å². The Kier molecular flexibility index (Phi) is 4.69. The summed E-state index contributed by atoms with van der Waals surface area (Å²) in [6.07, 6.45) is 4.24. The monoisotopic (exact) mass is 294 g/mol. The van der Waals surface area contributed by atoms with Gasteiger partial charge in [-0.1, -0.05) is 6.42 Å². The van der Waals surface area contributed by atoms with Crippen LogP contribution in [0.2, 0.25) is 0 Å². The molecule has 0 spiro atoms. The average Bonchev–Trinajstić information content (AvgIpc) is 2.92. The standard InChI is InChI=1S/C13H18N4O4/c14-5-8-2-1-3-9(8)7-21-13-11(12(15)18)4-10(6-16-13)17(19)20/h4,6,8-9H,1-3,5,7,14H2,(H2,15,18). The molecule has 0 radical (unpaired) electrons. The number of carbonyl (C=O) groups excluding carboxylic acids is 1. The van der Waals surface area contributed by atoms with E-state index in [2.05, 4.69) is 4.98 Å². The summed E-state index contributed by atoms with van der Waals surface area (Å²) in [5.41, 5.74) is 10.6. The average molecular weight is 294 g/mol. The van der Waals surface area contributed by atoms with Gasteiger partial charge in [0.05, 0.1) is 11.5 Å². The number of nitrogens with zero attached hydrogens (tertiary/aromatic N) is 2. The van der Waals surface area contributed by atoms with E-state index in [9.17, 15) is 14.9 Å². The molecule has 2 unspecified atom stereocenters. The second-order valence-electron chi connectivity index (χ2n) is 5.17. The van der Waals surface area contributed by atoms with Gasteiger partial charge in [-0.3, -0.25) is 14.9 Å². The number of nitro groups is 1. The Morgan fingerprint density at radius 1 is 1.48 bits per heavy atom. The Hall–Kier alpha value is -2.22. The van der Waals surface area contributed by atoms with E-state index in [0.717, 1.165) is 31.5 Å². The van der Waals surface area contributed by atoms with E-state index in [1.807, 2.05) is 0 Å². The molecule has 1 saturated carbocycles. The number of rotatable bonds is 6. The summed E-state index contributed by atoms with van der Waals surface area (Å²) in [6.45, 7) is 0.983. The summed E-state index contributed by atoms with van der Waals surface area (Å²) in [4.78, 5) is 25.3. The summed E-state index contributed by atoms with van der Waals surface area (Å²) in [7, 11) is 0. The fourth-order valence-electron chi connectivity index (χ4n) is 2.66. The van der Waals surface area contributed by atoms with Gasteiger partial charge in [-0.15, -0.1) is 0 Å². The van der Waals surface area contributed by atoms with Crippen molar-refractivity contribution in [2.24, 2.45) is 23.3 Å². The van der Waals surface area contributed by atoms with Gasteiger partial charge in [0.25, 0.3) is 11.6 Å². The van der Waals surface area contributed by atoms with Gasteiger partial charge >= 0.3 is 0 Å². The summed E-state index contributed by atoms with van der Waals surface area (Å²) in [5.74, 6) is -0.0495. The molecule has 8 heteroatoms. The van der Waals surface area contributed by atoms with E-state index in [0.29, 0.717) is 25.0 Å². The van der Waals surface area contributed by atoms with Crippen LogP contribution in [0, 0.1) is 22.0 Å². The number of hydrogen-bond donors (Lipinski definition) is 2. The first-order valence-corrected chi connectivity index (χ1v) is 6.80. The topological polar surface area (TPSA) is 134 Å². The van der Waals surface area contributed by atoms with Crippen LogP contribution in [-0.2, 0) is 0 Å². The van der Waals surface area contributed by atoms with Crippen molar-refractivity contribution in [3.05, 3.63) is 27.9 Å². The first-order valence-electron chi connectivity index (χ1n) is 6.80. The summed E-state index contributed by atoms with van der Waals surface area (Å²) >= 11 is 0. The molecule has 2 rings (SSSR count). The molecule has 2 atom stereocenters. The van der Waals surface area contributed by atoms with Crippen molar-refractivity contribution in [2.45, 2.75) is 19.3 Å². The van der Waals surface area contributed by atoms with Gasteiger partial charge in [-0.05, 0) is 31.2 Å². The second kappa shape index (κ2) is 6.49. The fourth-order valence-corrected chi connectivity index (χ4v) is 2.66. The van der Waals surface area contributed by atoms with Crippen LogP contribution in [-0.4, -0.2) is 29.0 Å². The number of aromatic nitrogens is 1. The molecule has 1 aliphatic rings. The Morgan fingerprint density at radius 2 is 2.19 bits per heavy atom. The lowest BCUT2D eigenvalue weighted by Gasteiger charge is -2.18. The predicted octanol–water partition coefficient (Wildman–Crippen LogP) is 0.843. The number of amides is 1. The molecule has 0 saturated heterocycles. The van der Waals surface area contributed by atoms with Gasteiger partial charge < -0.3 is 16.2 Å². The lowest BCUT2D eigenvalue weighted by Crippen LogP contribution is -2.24. The van der Waals surface area contributed by atoms with Crippen LogP contribution in [0.1, 0.15) is 29.6 Å². The lowest BCUT2D eigenvalue weighted by atomic mass is 9.97. The maximum Gasteiger partial charge on any atom is 0.288 e. The molecule has 1 aliphatic carbocycles. The van der Waals surface area contributed by atoms with Crippen molar-refractivity contribution in [3.63, 3.8) is 0 Å². The van der Waals surface area contributed by atoms with Crippen molar-refractivity contribution >= 4 is 11.6 Å². The zero-order valence-corrected chi connectivity index (χ0v) is 11.5. The molecule has 0 bridgehead atoms.